The van der Waals surface area contributed by atoms with Crippen LogP contribution in [0.2, 0.25) is 5.02 Å². The van der Waals surface area contributed by atoms with E-state index in [1.165, 1.54) is 0 Å². The minimum atomic E-state index is -0.827. The van der Waals surface area contributed by atoms with E-state index in [-0.39, 0.29) is 5.41 Å². The van der Waals surface area contributed by atoms with Gasteiger partial charge in [0.15, 0.2) is 0 Å². The van der Waals surface area contributed by atoms with Gasteiger partial charge in [-0.1, -0.05) is 36.7 Å². The van der Waals surface area contributed by atoms with E-state index in [1.54, 1.807) is 0 Å². The lowest BCUT2D eigenvalue weighted by atomic mass is 9.80. The minimum Gasteiger partial charge on any atom is -0.388 e. The molecule has 2 rings (SSSR count). The number of hydrogen-bond acceptors (Lipinski definition) is 3. The average molecular weight is 255 g/mol. The molecule has 1 aromatic rings. The summed E-state index contributed by atoms with van der Waals surface area (Å²) in [6.07, 6.45) is 2.61. The highest BCUT2D eigenvalue weighted by atomic mass is 35.5. The van der Waals surface area contributed by atoms with E-state index in [9.17, 15) is 5.11 Å². The van der Waals surface area contributed by atoms with Crippen LogP contribution in [0.1, 0.15) is 25.3 Å². The first-order valence-corrected chi connectivity index (χ1v) is 6.28. The summed E-state index contributed by atoms with van der Waals surface area (Å²) in [7, 11) is 0. The van der Waals surface area contributed by atoms with Crippen molar-refractivity contribution in [2.45, 2.75) is 31.8 Å². The van der Waals surface area contributed by atoms with Crippen LogP contribution in [0.25, 0.3) is 0 Å². The third-order valence-corrected chi connectivity index (χ3v) is 4.33. The van der Waals surface area contributed by atoms with Crippen LogP contribution in [0, 0.1) is 5.41 Å². The van der Waals surface area contributed by atoms with E-state index >= 15 is 0 Å². The SMILES string of the molecule is CC1(C(O)(CNN)Cc2ccccc2Cl)CC1. The second kappa shape index (κ2) is 4.58. The smallest absolute Gasteiger partial charge is 0.0879 e. The number of benzene rings is 1. The van der Waals surface area contributed by atoms with Crippen molar-refractivity contribution < 1.29 is 5.11 Å². The van der Waals surface area contributed by atoms with Crippen molar-refractivity contribution in [3.63, 3.8) is 0 Å². The molecule has 1 aromatic carbocycles. The summed E-state index contributed by atoms with van der Waals surface area (Å²) in [6, 6.07) is 7.63. The number of nitrogens with one attached hydrogen (secondary N) is 1. The molecule has 3 nitrogen and oxygen atoms in total. The molecule has 0 bridgehead atoms. The normalized spacial score (nSPS) is 20.9. The first-order valence-electron chi connectivity index (χ1n) is 5.90. The van der Waals surface area contributed by atoms with Gasteiger partial charge in [-0.25, -0.2) is 0 Å². The second-order valence-electron chi connectivity index (χ2n) is 5.24. The lowest BCUT2D eigenvalue weighted by Crippen LogP contribution is -2.50. The molecule has 94 valence electrons. The number of rotatable bonds is 5. The van der Waals surface area contributed by atoms with Crippen molar-refractivity contribution in [1.82, 2.24) is 5.43 Å². The van der Waals surface area contributed by atoms with Crippen LogP contribution in [-0.4, -0.2) is 17.3 Å². The molecule has 1 saturated carbocycles. The number of hydrogen-bond donors (Lipinski definition) is 3. The zero-order chi connectivity index (χ0) is 12.5. The van der Waals surface area contributed by atoms with Gasteiger partial charge in [-0.2, -0.15) is 0 Å². The summed E-state index contributed by atoms with van der Waals surface area (Å²) in [5, 5.41) is 11.5. The molecule has 4 N–H and O–H groups in total. The van der Waals surface area contributed by atoms with Crippen molar-refractivity contribution in [1.29, 1.82) is 0 Å². The van der Waals surface area contributed by atoms with Crippen LogP contribution in [0.15, 0.2) is 24.3 Å². The number of nitrogens with two attached hydrogens (primary N) is 1. The summed E-state index contributed by atoms with van der Waals surface area (Å²) < 4.78 is 0. The molecule has 1 aliphatic carbocycles. The highest BCUT2D eigenvalue weighted by Gasteiger charge is 2.54. The fourth-order valence-electron chi connectivity index (χ4n) is 2.27. The van der Waals surface area contributed by atoms with E-state index in [2.05, 4.69) is 12.3 Å². The molecule has 0 radical (unpaired) electrons. The molecule has 1 fully saturated rings. The molecular formula is C13H19ClN2O. The Morgan fingerprint density at radius 1 is 1.47 bits per heavy atom. The maximum absolute atomic E-state index is 10.8. The molecule has 0 saturated heterocycles. The van der Waals surface area contributed by atoms with E-state index in [1.807, 2.05) is 24.3 Å². The first-order chi connectivity index (χ1) is 8.01. The van der Waals surface area contributed by atoms with Crippen LogP contribution in [0.5, 0.6) is 0 Å². The molecule has 0 amide bonds. The van der Waals surface area contributed by atoms with Gasteiger partial charge in [-0.3, -0.25) is 11.3 Å². The van der Waals surface area contributed by atoms with Crippen molar-refractivity contribution in [3.05, 3.63) is 34.9 Å². The standard InChI is InChI=1S/C13H19ClN2O/c1-12(6-7-12)13(17,9-16-15)8-10-4-2-3-5-11(10)14/h2-5,16-17H,6-9,15H2,1H3. The average Bonchev–Trinajstić information content (AvgIpc) is 3.02. The molecule has 0 aliphatic heterocycles. The van der Waals surface area contributed by atoms with Gasteiger partial charge in [0.1, 0.15) is 0 Å². The van der Waals surface area contributed by atoms with E-state index < -0.39 is 5.60 Å². The van der Waals surface area contributed by atoms with Gasteiger partial charge >= 0.3 is 0 Å². The fourth-order valence-corrected chi connectivity index (χ4v) is 2.47. The Morgan fingerprint density at radius 3 is 2.65 bits per heavy atom. The van der Waals surface area contributed by atoms with Gasteiger partial charge in [-0.05, 0) is 29.9 Å². The van der Waals surface area contributed by atoms with Gasteiger partial charge in [0.05, 0.1) is 5.60 Å². The zero-order valence-electron chi connectivity index (χ0n) is 10.0. The third kappa shape index (κ3) is 2.47. The molecular weight excluding hydrogens is 236 g/mol. The topological polar surface area (TPSA) is 58.3 Å². The quantitative estimate of drug-likeness (QED) is 0.556. The zero-order valence-corrected chi connectivity index (χ0v) is 10.8. The van der Waals surface area contributed by atoms with E-state index in [0.717, 1.165) is 18.4 Å². The molecule has 1 aliphatic rings. The molecule has 1 atom stereocenters. The second-order valence-corrected chi connectivity index (χ2v) is 5.65. The van der Waals surface area contributed by atoms with Crippen molar-refractivity contribution in [2.24, 2.45) is 11.3 Å². The Bertz CT molecular complexity index is 406. The fraction of sp³-hybridized carbons (Fsp3) is 0.538. The number of hydrazine groups is 1. The summed E-state index contributed by atoms with van der Waals surface area (Å²) in [4.78, 5) is 0. The Morgan fingerprint density at radius 2 is 2.12 bits per heavy atom. The van der Waals surface area contributed by atoms with Crippen molar-refractivity contribution in [2.75, 3.05) is 6.54 Å². The predicted molar refractivity (Wildman–Crippen MR) is 69.6 cm³/mol. The van der Waals surface area contributed by atoms with Crippen LogP contribution < -0.4 is 11.3 Å². The lowest BCUT2D eigenvalue weighted by molar-refractivity contribution is -0.0237. The molecule has 0 spiro atoms. The molecule has 17 heavy (non-hydrogen) atoms. The highest BCUT2D eigenvalue weighted by molar-refractivity contribution is 6.31. The van der Waals surface area contributed by atoms with E-state index in [4.69, 9.17) is 17.4 Å². The Labute approximate surface area is 107 Å². The van der Waals surface area contributed by atoms with Gasteiger partial charge in [-0.15, -0.1) is 0 Å². The Hall–Kier alpha value is -0.610. The summed E-state index contributed by atoms with van der Waals surface area (Å²) in [5.41, 5.74) is 2.70. The van der Waals surface area contributed by atoms with E-state index in [0.29, 0.717) is 18.0 Å². The maximum atomic E-state index is 10.8. The highest BCUT2D eigenvalue weighted by Crippen LogP contribution is 2.54. The third-order valence-electron chi connectivity index (χ3n) is 3.96. The van der Waals surface area contributed by atoms with Crippen LogP contribution in [0.4, 0.5) is 0 Å². The van der Waals surface area contributed by atoms with Gasteiger partial charge in [0.2, 0.25) is 0 Å². The molecule has 0 aromatic heterocycles. The summed E-state index contributed by atoms with van der Waals surface area (Å²) in [6.45, 7) is 2.48. The van der Waals surface area contributed by atoms with Gasteiger partial charge in [0, 0.05) is 18.0 Å². The molecule has 1 unspecified atom stereocenters. The first kappa shape index (κ1) is 12.8. The molecule has 0 heterocycles. The Kier molecular flexibility index (Phi) is 3.46. The monoisotopic (exact) mass is 254 g/mol. The summed E-state index contributed by atoms with van der Waals surface area (Å²) in [5.74, 6) is 5.39. The number of halogens is 1. The van der Waals surface area contributed by atoms with Crippen molar-refractivity contribution in [3.8, 4) is 0 Å². The Balaban J connectivity index is 2.22. The summed E-state index contributed by atoms with van der Waals surface area (Å²) >= 11 is 6.14. The van der Waals surface area contributed by atoms with Crippen molar-refractivity contribution >= 4 is 11.6 Å². The maximum Gasteiger partial charge on any atom is 0.0879 e. The minimum absolute atomic E-state index is 0.0431. The van der Waals surface area contributed by atoms with Gasteiger partial charge < -0.3 is 5.11 Å². The number of aliphatic hydroxyl groups is 1. The lowest BCUT2D eigenvalue weighted by Gasteiger charge is -2.34. The largest absolute Gasteiger partial charge is 0.388 e. The van der Waals surface area contributed by atoms with Crippen LogP contribution in [0.3, 0.4) is 0 Å². The van der Waals surface area contributed by atoms with Crippen LogP contribution in [-0.2, 0) is 6.42 Å². The van der Waals surface area contributed by atoms with Crippen LogP contribution >= 0.6 is 11.6 Å². The van der Waals surface area contributed by atoms with Gasteiger partial charge in [0.25, 0.3) is 0 Å². The predicted octanol–water partition coefficient (Wildman–Crippen LogP) is 1.88. The molecule has 4 heteroatoms.